The average Bonchev–Trinajstić information content (AvgIpc) is 2.74. The first-order valence-electron chi connectivity index (χ1n) is 8.82. The molecule has 0 fully saturated rings. The molecule has 0 aliphatic carbocycles. The summed E-state index contributed by atoms with van der Waals surface area (Å²) in [6.07, 6.45) is 0. The van der Waals surface area contributed by atoms with E-state index in [9.17, 15) is 0 Å². The fraction of sp³-hybridized carbons (Fsp3) is 0. The van der Waals surface area contributed by atoms with Crippen LogP contribution >= 0.6 is 15.9 Å². The van der Waals surface area contributed by atoms with Gasteiger partial charge in [0.05, 0.1) is 0 Å². The van der Waals surface area contributed by atoms with Crippen molar-refractivity contribution in [2.75, 3.05) is 0 Å². The first-order valence-corrected chi connectivity index (χ1v) is 9.61. The number of rotatable bonds is 2. The third-order valence-electron chi connectivity index (χ3n) is 4.37. The Morgan fingerprint density at radius 3 is 1.89 bits per heavy atom. The summed E-state index contributed by atoms with van der Waals surface area (Å²) in [7, 11) is 0. The van der Waals surface area contributed by atoms with Crippen molar-refractivity contribution in [3.63, 3.8) is 0 Å². The van der Waals surface area contributed by atoms with E-state index in [1.54, 1.807) is 0 Å². The lowest BCUT2D eigenvalue weighted by atomic mass is 9.98. The highest BCUT2D eigenvalue weighted by Gasteiger charge is 2.06. The fourth-order valence-electron chi connectivity index (χ4n) is 2.99. The van der Waals surface area contributed by atoms with Gasteiger partial charge >= 0.3 is 0 Å². The Kier molecular flexibility index (Phi) is 5.19. The van der Waals surface area contributed by atoms with Crippen LogP contribution in [0, 0.1) is 11.8 Å². The molecule has 0 bridgehead atoms. The van der Waals surface area contributed by atoms with Crippen LogP contribution in [0.1, 0.15) is 11.1 Å². The summed E-state index contributed by atoms with van der Waals surface area (Å²) in [5.41, 5.74) is 6.77. The minimum atomic E-state index is 1.01. The number of hydrogen-bond donors (Lipinski definition) is 0. The van der Waals surface area contributed by atoms with E-state index in [-0.39, 0.29) is 0 Å². The Balaban J connectivity index is 1.71. The van der Waals surface area contributed by atoms with Crippen molar-refractivity contribution in [3.05, 3.63) is 119 Å². The van der Waals surface area contributed by atoms with Crippen LogP contribution in [0.15, 0.2) is 108 Å². The standard InChI is InChI=1S/C26H17Br/c27-26-17-16-23(22-11-5-2-6-12-22)19-25(26)24-13-7-10-21(18-24)15-14-20-8-3-1-4-9-20/h1-13,16-19H. The van der Waals surface area contributed by atoms with Crippen LogP contribution in [0.4, 0.5) is 0 Å². The molecule has 0 spiro atoms. The highest BCUT2D eigenvalue weighted by atomic mass is 79.9. The molecule has 4 rings (SSSR count). The Bertz CT molecular complexity index is 1120. The molecule has 0 aliphatic heterocycles. The zero-order valence-electron chi connectivity index (χ0n) is 14.7. The SMILES string of the molecule is Brc1ccc(-c2ccccc2)cc1-c1cccc(C#Cc2ccccc2)c1. The molecule has 0 amide bonds. The molecule has 0 aromatic heterocycles. The lowest BCUT2D eigenvalue weighted by Gasteiger charge is -2.09. The van der Waals surface area contributed by atoms with Crippen molar-refractivity contribution in [2.24, 2.45) is 0 Å². The number of halogens is 1. The molecular weight excluding hydrogens is 392 g/mol. The van der Waals surface area contributed by atoms with E-state index in [4.69, 9.17) is 0 Å². The van der Waals surface area contributed by atoms with E-state index in [0.29, 0.717) is 0 Å². The van der Waals surface area contributed by atoms with E-state index < -0.39 is 0 Å². The topological polar surface area (TPSA) is 0 Å². The Morgan fingerprint density at radius 1 is 0.481 bits per heavy atom. The van der Waals surface area contributed by atoms with E-state index in [0.717, 1.165) is 21.2 Å². The van der Waals surface area contributed by atoms with Crippen molar-refractivity contribution in [1.29, 1.82) is 0 Å². The van der Waals surface area contributed by atoms with Crippen LogP contribution in [0.5, 0.6) is 0 Å². The molecule has 27 heavy (non-hydrogen) atoms. The van der Waals surface area contributed by atoms with Crippen LogP contribution in [-0.2, 0) is 0 Å². The van der Waals surface area contributed by atoms with E-state index >= 15 is 0 Å². The van der Waals surface area contributed by atoms with Gasteiger partial charge in [0, 0.05) is 15.6 Å². The zero-order valence-corrected chi connectivity index (χ0v) is 16.3. The van der Waals surface area contributed by atoms with Gasteiger partial charge in [-0.1, -0.05) is 94.5 Å². The van der Waals surface area contributed by atoms with Crippen molar-refractivity contribution in [3.8, 4) is 34.1 Å². The first-order chi connectivity index (χ1) is 13.3. The summed E-state index contributed by atoms with van der Waals surface area (Å²) in [4.78, 5) is 0. The van der Waals surface area contributed by atoms with Gasteiger partial charge < -0.3 is 0 Å². The first kappa shape index (κ1) is 17.3. The molecule has 1 heteroatoms. The zero-order chi connectivity index (χ0) is 18.5. The van der Waals surface area contributed by atoms with Gasteiger partial charge in [0.25, 0.3) is 0 Å². The van der Waals surface area contributed by atoms with Crippen molar-refractivity contribution < 1.29 is 0 Å². The summed E-state index contributed by atoms with van der Waals surface area (Å²) in [6, 6.07) is 35.4. The van der Waals surface area contributed by atoms with E-state index in [2.05, 4.69) is 88.4 Å². The van der Waals surface area contributed by atoms with E-state index in [1.165, 1.54) is 16.7 Å². The molecule has 4 aromatic rings. The van der Waals surface area contributed by atoms with Crippen molar-refractivity contribution >= 4 is 15.9 Å². The molecule has 128 valence electrons. The molecule has 4 aromatic carbocycles. The maximum absolute atomic E-state index is 3.70. The molecule has 0 radical (unpaired) electrons. The van der Waals surface area contributed by atoms with Gasteiger partial charge in [0.1, 0.15) is 0 Å². The summed E-state index contributed by atoms with van der Waals surface area (Å²) < 4.78 is 1.08. The lowest BCUT2D eigenvalue weighted by Crippen LogP contribution is -1.85. The third-order valence-corrected chi connectivity index (χ3v) is 5.06. The third kappa shape index (κ3) is 4.19. The van der Waals surface area contributed by atoms with Crippen LogP contribution in [0.2, 0.25) is 0 Å². The minimum absolute atomic E-state index is 1.01. The minimum Gasteiger partial charge on any atom is -0.0622 e. The van der Waals surface area contributed by atoms with Gasteiger partial charge in [0.2, 0.25) is 0 Å². The highest BCUT2D eigenvalue weighted by molar-refractivity contribution is 9.10. The molecule has 0 saturated carbocycles. The second-order valence-corrected chi connectivity index (χ2v) is 7.11. The summed E-state index contributed by atoms with van der Waals surface area (Å²) in [6.45, 7) is 0. The lowest BCUT2D eigenvalue weighted by molar-refractivity contribution is 1.55. The van der Waals surface area contributed by atoms with Crippen LogP contribution in [0.25, 0.3) is 22.3 Å². The van der Waals surface area contributed by atoms with Crippen molar-refractivity contribution in [2.45, 2.75) is 0 Å². The second-order valence-electron chi connectivity index (χ2n) is 6.26. The summed E-state index contributed by atoms with van der Waals surface area (Å²) in [5, 5.41) is 0. The largest absolute Gasteiger partial charge is 0.0622 e. The Labute approximate surface area is 168 Å². The fourth-order valence-corrected chi connectivity index (χ4v) is 3.46. The van der Waals surface area contributed by atoms with Crippen LogP contribution in [-0.4, -0.2) is 0 Å². The van der Waals surface area contributed by atoms with E-state index in [1.807, 2.05) is 42.5 Å². The predicted octanol–water partition coefficient (Wildman–Crippen LogP) is 7.18. The maximum atomic E-state index is 3.70. The molecule has 0 unspecified atom stereocenters. The summed E-state index contributed by atoms with van der Waals surface area (Å²) in [5.74, 6) is 6.50. The monoisotopic (exact) mass is 408 g/mol. The molecule has 0 N–H and O–H groups in total. The van der Waals surface area contributed by atoms with Gasteiger partial charge in [-0.15, -0.1) is 0 Å². The van der Waals surface area contributed by atoms with Crippen molar-refractivity contribution in [1.82, 2.24) is 0 Å². The molecule has 0 aliphatic rings. The van der Waals surface area contributed by atoms with Gasteiger partial charge in [-0.05, 0) is 58.7 Å². The average molecular weight is 409 g/mol. The number of hydrogen-bond acceptors (Lipinski definition) is 0. The molecular formula is C26H17Br. The van der Waals surface area contributed by atoms with Crippen LogP contribution < -0.4 is 0 Å². The Morgan fingerprint density at radius 2 is 1.11 bits per heavy atom. The molecule has 0 heterocycles. The second kappa shape index (κ2) is 8.08. The Hall–Kier alpha value is -3.08. The normalized spacial score (nSPS) is 10.1. The summed E-state index contributed by atoms with van der Waals surface area (Å²) >= 11 is 3.70. The molecule has 0 saturated heterocycles. The van der Waals surface area contributed by atoms with Gasteiger partial charge in [0.15, 0.2) is 0 Å². The smallest absolute Gasteiger partial charge is 0.0255 e. The predicted molar refractivity (Wildman–Crippen MR) is 117 cm³/mol. The highest BCUT2D eigenvalue weighted by Crippen LogP contribution is 2.33. The van der Waals surface area contributed by atoms with Gasteiger partial charge in [-0.3, -0.25) is 0 Å². The maximum Gasteiger partial charge on any atom is 0.0255 e. The molecule has 0 atom stereocenters. The van der Waals surface area contributed by atoms with Gasteiger partial charge in [-0.2, -0.15) is 0 Å². The quantitative estimate of drug-likeness (QED) is 0.308. The molecule has 0 nitrogen and oxygen atoms in total. The number of benzene rings is 4. The van der Waals surface area contributed by atoms with Gasteiger partial charge in [-0.25, -0.2) is 0 Å². The van der Waals surface area contributed by atoms with Crippen LogP contribution in [0.3, 0.4) is 0 Å².